The molecule has 1 aromatic heterocycles. The number of carboxylic acids is 1. The van der Waals surface area contributed by atoms with Crippen LogP contribution in [0.2, 0.25) is 10.0 Å². The summed E-state index contributed by atoms with van der Waals surface area (Å²) in [6.07, 6.45) is 0.475. The molecule has 0 saturated carbocycles. The molecule has 2 aromatic rings. The zero-order valence-corrected chi connectivity index (χ0v) is 17.1. The van der Waals surface area contributed by atoms with E-state index in [-0.39, 0.29) is 13.0 Å². The highest BCUT2D eigenvalue weighted by Gasteiger charge is 2.24. The molecule has 3 amide bonds. The van der Waals surface area contributed by atoms with Crippen LogP contribution < -0.4 is 16.4 Å². The summed E-state index contributed by atoms with van der Waals surface area (Å²) in [5.74, 6) is -1.71. The summed E-state index contributed by atoms with van der Waals surface area (Å²) in [7, 11) is 0. The number of halogens is 2. The molecule has 2 rings (SSSR count). The number of benzene rings is 1. The third-order valence-corrected chi connectivity index (χ3v) is 5.47. The number of hydrogen-bond acceptors (Lipinski definition) is 5. The van der Waals surface area contributed by atoms with Crippen molar-refractivity contribution in [3.05, 3.63) is 38.8 Å². The number of aliphatic carboxylic acids is 1. The van der Waals surface area contributed by atoms with Gasteiger partial charge in [0.25, 0.3) is 5.91 Å². The second-order valence-corrected chi connectivity index (χ2v) is 7.70. The Morgan fingerprint density at radius 3 is 2.64 bits per heavy atom. The lowest BCUT2D eigenvalue weighted by Gasteiger charge is -2.14. The molecule has 0 bridgehead atoms. The van der Waals surface area contributed by atoms with Gasteiger partial charge in [-0.2, -0.15) is 0 Å². The highest BCUT2D eigenvalue weighted by Crippen LogP contribution is 2.34. The molecule has 11 heteroatoms. The Morgan fingerprint density at radius 2 is 2.04 bits per heavy atom. The lowest BCUT2D eigenvalue weighted by Crippen LogP contribution is -2.41. The minimum atomic E-state index is -1.17. The molecule has 0 unspecified atom stereocenters. The number of carboxylic acid groups (broad SMARTS) is 1. The molecular formula is C17H18Cl2N4O4S. The Balaban J connectivity index is 2.11. The van der Waals surface area contributed by atoms with Crippen LogP contribution in [0.25, 0.3) is 10.6 Å². The van der Waals surface area contributed by atoms with Gasteiger partial charge in [0.1, 0.15) is 15.9 Å². The van der Waals surface area contributed by atoms with Crippen molar-refractivity contribution < 1.29 is 19.5 Å². The van der Waals surface area contributed by atoms with Crippen LogP contribution in [0.4, 0.5) is 4.79 Å². The van der Waals surface area contributed by atoms with Gasteiger partial charge >= 0.3 is 12.0 Å². The predicted octanol–water partition coefficient (Wildman–Crippen LogP) is 3.06. The number of amides is 3. The van der Waals surface area contributed by atoms with Crippen molar-refractivity contribution in [1.82, 2.24) is 15.6 Å². The van der Waals surface area contributed by atoms with Crippen molar-refractivity contribution in [2.75, 3.05) is 6.54 Å². The van der Waals surface area contributed by atoms with Gasteiger partial charge in [-0.1, -0.05) is 23.2 Å². The predicted molar refractivity (Wildman–Crippen MR) is 108 cm³/mol. The number of hydrogen-bond donors (Lipinski definition) is 4. The summed E-state index contributed by atoms with van der Waals surface area (Å²) in [5, 5.41) is 15.6. The van der Waals surface area contributed by atoms with Crippen molar-refractivity contribution in [3.8, 4) is 10.6 Å². The van der Waals surface area contributed by atoms with Gasteiger partial charge in [-0.3, -0.25) is 4.79 Å². The van der Waals surface area contributed by atoms with Crippen LogP contribution in [0.5, 0.6) is 0 Å². The van der Waals surface area contributed by atoms with Crippen molar-refractivity contribution in [3.63, 3.8) is 0 Å². The number of thiazole rings is 1. The van der Waals surface area contributed by atoms with E-state index >= 15 is 0 Å². The minimum absolute atomic E-state index is 0.134. The smallest absolute Gasteiger partial charge is 0.326 e. The van der Waals surface area contributed by atoms with E-state index in [1.807, 2.05) is 0 Å². The maximum Gasteiger partial charge on any atom is 0.326 e. The highest BCUT2D eigenvalue weighted by atomic mass is 35.5. The summed E-state index contributed by atoms with van der Waals surface area (Å²) in [5.41, 5.74) is 6.04. The number of rotatable bonds is 8. The first-order chi connectivity index (χ1) is 13.2. The van der Waals surface area contributed by atoms with Gasteiger partial charge in [-0.05, 0) is 38.0 Å². The van der Waals surface area contributed by atoms with E-state index in [2.05, 4.69) is 15.6 Å². The Morgan fingerprint density at radius 1 is 1.32 bits per heavy atom. The van der Waals surface area contributed by atoms with Crippen molar-refractivity contribution in [1.29, 1.82) is 0 Å². The third kappa shape index (κ3) is 5.82. The molecule has 8 nitrogen and oxygen atoms in total. The SMILES string of the molecule is Cc1nc(-c2ccc(Cl)cc2Cl)sc1C(=O)N[C@H](CCCNC(N)=O)C(=O)O. The van der Waals surface area contributed by atoms with Crippen LogP contribution in [0.3, 0.4) is 0 Å². The first-order valence-corrected chi connectivity index (χ1v) is 9.76. The zero-order valence-electron chi connectivity index (χ0n) is 14.8. The van der Waals surface area contributed by atoms with E-state index in [1.54, 1.807) is 25.1 Å². The molecule has 0 fully saturated rings. The molecule has 1 heterocycles. The number of nitrogens with one attached hydrogen (secondary N) is 2. The molecule has 1 aromatic carbocycles. The molecule has 0 aliphatic carbocycles. The van der Waals surface area contributed by atoms with Crippen LogP contribution in [0, 0.1) is 6.92 Å². The fourth-order valence-electron chi connectivity index (χ4n) is 2.38. The fraction of sp³-hybridized carbons (Fsp3) is 0.294. The number of primary amides is 1. The number of nitrogens with zero attached hydrogens (tertiary/aromatic N) is 1. The van der Waals surface area contributed by atoms with Crippen molar-refractivity contribution in [2.24, 2.45) is 5.73 Å². The number of urea groups is 1. The number of aromatic nitrogens is 1. The summed E-state index contributed by atoms with van der Waals surface area (Å²) in [6.45, 7) is 1.87. The summed E-state index contributed by atoms with van der Waals surface area (Å²) < 4.78 is 0. The summed E-state index contributed by atoms with van der Waals surface area (Å²) in [4.78, 5) is 39.3. The van der Waals surface area contributed by atoms with E-state index < -0.39 is 23.9 Å². The average molecular weight is 445 g/mol. The van der Waals surface area contributed by atoms with Crippen LogP contribution in [-0.4, -0.2) is 40.6 Å². The van der Waals surface area contributed by atoms with Gasteiger partial charge in [0.05, 0.1) is 10.7 Å². The van der Waals surface area contributed by atoms with Gasteiger partial charge in [-0.15, -0.1) is 11.3 Å². The normalized spacial score (nSPS) is 11.7. The Bertz CT molecular complexity index is 903. The molecule has 0 saturated heterocycles. The van der Waals surface area contributed by atoms with Crippen molar-refractivity contribution in [2.45, 2.75) is 25.8 Å². The van der Waals surface area contributed by atoms with Crippen LogP contribution >= 0.6 is 34.5 Å². The zero-order chi connectivity index (χ0) is 20.8. The second kappa shape index (κ2) is 9.72. The second-order valence-electron chi connectivity index (χ2n) is 5.86. The van der Waals surface area contributed by atoms with Gasteiger partial charge in [0.15, 0.2) is 0 Å². The lowest BCUT2D eigenvalue weighted by molar-refractivity contribution is -0.139. The van der Waals surface area contributed by atoms with E-state index in [0.717, 1.165) is 11.3 Å². The minimum Gasteiger partial charge on any atom is -0.480 e. The number of nitrogens with two attached hydrogens (primary N) is 1. The average Bonchev–Trinajstić information content (AvgIpc) is 2.98. The standard InChI is InChI=1S/C17H18Cl2N4O4S/c1-8-13(28-15(22-8)10-5-4-9(18)7-11(10)19)14(24)23-12(16(25)26)3-2-6-21-17(20)27/h4-5,7,12H,2-3,6H2,1H3,(H,23,24)(H,25,26)(H3,20,21,27)/t12-/m1/s1. The maximum atomic E-state index is 12.6. The van der Waals surface area contributed by atoms with E-state index in [1.165, 1.54) is 0 Å². The lowest BCUT2D eigenvalue weighted by atomic mass is 10.1. The molecule has 5 N–H and O–H groups in total. The monoisotopic (exact) mass is 444 g/mol. The Kier molecular flexibility index (Phi) is 7.61. The largest absolute Gasteiger partial charge is 0.480 e. The van der Waals surface area contributed by atoms with E-state index in [4.69, 9.17) is 28.9 Å². The van der Waals surface area contributed by atoms with Crippen LogP contribution in [0.1, 0.15) is 28.2 Å². The van der Waals surface area contributed by atoms with E-state index in [9.17, 15) is 19.5 Å². The first kappa shape index (κ1) is 21.9. The Labute approximate surface area is 175 Å². The molecule has 0 spiro atoms. The molecule has 1 atom stereocenters. The van der Waals surface area contributed by atoms with Crippen LogP contribution in [-0.2, 0) is 4.79 Å². The number of carbonyl (C=O) groups is 3. The number of aryl methyl sites for hydroxylation is 1. The van der Waals surface area contributed by atoms with Crippen molar-refractivity contribution >= 4 is 52.4 Å². The number of carbonyl (C=O) groups excluding carboxylic acids is 2. The summed E-state index contributed by atoms with van der Waals surface area (Å²) in [6, 6.07) is 3.15. The molecule has 0 aliphatic heterocycles. The molecule has 28 heavy (non-hydrogen) atoms. The molecule has 0 aliphatic rings. The topological polar surface area (TPSA) is 134 Å². The van der Waals surface area contributed by atoms with E-state index in [0.29, 0.717) is 37.6 Å². The van der Waals surface area contributed by atoms with Crippen LogP contribution in [0.15, 0.2) is 18.2 Å². The molecule has 150 valence electrons. The maximum absolute atomic E-state index is 12.6. The fourth-order valence-corrected chi connectivity index (χ4v) is 3.95. The van der Waals surface area contributed by atoms with Gasteiger partial charge < -0.3 is 21.5 Å². The third-order valence-electron chi connectivity index (χ3n) is 3.74. The summed E-state index contributed by atoms with van der Waals surface area (Å²) >= 11 is 13.2. The molecule has 0 radical (unpaired) electrons. The van der Waals surface area contributed by atoms with Gasteiger partial charge in [0, 0.05) is 17.1 Å². The molecular weight excluding hydrogens is 427 g/mol. The highest BCUT2D eigenvalue weighted by molar-refractivity contribution is 7.17. The van der Waals surface area contributed by atoms with Gasteiger partial charge in [0.2, 0.25) is 0 Å². The quantitative estimate of drug-likeness (QED) is 0.464. The first-order valence-electron chi connectivity index (χ1n) is 8.19. The van der Waals surface area contributed by atoms with Gasteiger partial charge in [-0.25, -0.2) is 14.6 Å². The Hall–Kier alpha value is -2.36.